The highest BCUT2D eigenvalue weighted by Gasteiger charge is 2.29. The van der Waals surface area contributed by atoms with E-state index < -0.39 is 5.60 Å². The van der Waals surface area contributed by atoms with E-state index >= 15 is 0 Å². The van der Waals surface area contributed by atoms with Gasteiger partial charge in [0, 0.05) is 39.1 Å². The van der Waals surface area contributed by atoms with Crippen LogP contribution < -0.4 is 15.4 Å². The molecule has 0 bridgehead atoms. The minimum absolute atomic E-state index is 0. The zero-order chi connectivity index (χ0) is 17.3. The van der Waals surface area contributed by atoms with Gasteiger partial charge in [-0.2, -0.15) is 0 Å². The van der Waals surface area contributed by atoms with Crippen LogP contribution in [0.2, 0.25) is 0 Å². The molecule has 0 amide bonds. The lowest BCUT2D eigenvalue weighted by Crippen LogP contribution is -2.43. The molecule has 2 rings (SSSR count). The van der Waals surface area contributed by atoms with Crippen molar-refractivity contribution in [2.24, 2.45) is 4.99 Å². The lowest BCUT2D eigenvalue weighted by Gasteiger charge is -2.30. The van der Waals surface area contributed by atoms with Crippen molar-refractivity contribution in [2.75, 3.05) is 40.0 Å². The van der Waals surface area contributed by atoms with Crippen molar-refractivity contribution in [1.82, 2.24) is 10.6 Å². The van der Waals surface area contributed by atoms with E-state index in [1.54, 1.807) is 7.11 Å². The lowest BCUT2D eigenvalue weighted by atomic mass is 9.95. The number of guanidine groups is 1. The fraction of sp³-hybridized carbons (Fsp3) is 0.611. The monoisotopic (exact) mass is 463 g/mol. The highest BCUT2D eigenvalue weighted by molar-refractivity contribution is 14.0. The minimum atomic E-state index is -0.739. The van der Waals surface area contributed by atoms with Gasteiger partial charge in [-0.1, -0.05) is 12.1 Å². The third-order valence-electron chi connectivity index (χ3n) is 4.16. The van der Waals surface area contributed by atoms with Crippen LogP contribution in [-0.4, -0.2) is 56.6 Å². The maximum absolute atomic E-state index is 10.5. The predicted octanol–water partition coefficient (Wildman–Crippen LogP) is 1.95. The number of aliphatic hydroxyl groups is 1. The summed E-state index contributed by atoms with van der Waals surface area (Å²) in [4.78, 5) is 4.54. The van der Waals surface area contributed by atoms with Gasteiger partial charge in [-0.25, -0.2) is 0 Å². The molecule has 3 N–H and O–H groups in total. The zero-order valence-electron chi connectivity index (χ0n) is 15.1. The highest BCUT2D eigenvalue weighted by Crippen LogP contribution is 2.20. The van der Waals surface area contributed by atoms with Gasteiger partial charge in [-0.15, -0.1) is 24.0 Å². The number of aliphatic imine (C=N–C) groups is 1. The molecule has 1 aromatic rings. The third-order valence-corrected chi connectivity index (χ3v) is 4.16. The van der Waals surface area contributed by atoms with Crippen molar-refractivity contribution < 1.29 is 14.6 Å². The van der Waals surface area contributed by atoms with Crippen molar-refractivity contribution in [3.05, 3.63) is 29.8 Å². The Morgan fingerprint density at radius 2 is 1.92 bits per heavy atom. The molecule has 1 saturated heterocycles. The Morgan fingerprint density at radius 3 is 2.52 bits per heavy atom. The normalized spacial score (nSPS) is 16.7. The van der Waals surface area contributed by atoms with E-state index in [2.05, 4.69) is 27.8 Å². The molecule has 0 aliphatic carbocycles. The van der Waals surface area contributed by atoms with Crippen LogP contribution in [0.5, 0.6) is 5.75 Å². The highest BCUT2D eigenvalue weighted by atomic mass is 127. The number of methoxy groups -OCH3 is 1. The van der Waals surface area contributed by atoms with Gasteiger partial charge in [-0.3, -0.25) is 4.99 Å². The standard InChI is InChI=1S/C18H29N3O3.HI/c1-3-19-17(21-14-18(22)9-12-24-13-10-18)20-11-8-15-4-6-16(23-2)7-5-15;/h4-7,22H,3,8-14H2,1-2H3,(H2,19,20,21);1H. The van der Waals surface area contributed by atoms with Crippen LogP contribution in [0.25, 0.3) is 0 Å². The van der Waals surface area contributed by atoms with Crippen molar-refractivity contribution in [1.29, 1.82) is 0 Å². The van der Waals surface area contributed by atoms with Crippen LogP contribution in [0.4, 0.5) is 0 Å². The van der Waals surface area contributed by atoms with Crippen molar-refractivity contribution in [3.8, 4) is 5.75 Å². The Bertz CT molecular complexity index is 517. The maximum Gasteiger partial charge on any atom is 0.191 e. The number of ether oxygens (including phenoxy) is 2. The maximum atomic E-state index is 10.5. The van der Waals surface area contributed by atoms with Gasteiger partial charge in [0.05, 0.1) is 19.3 Å². The van der Waals surface area contributed by atoms with E-state index in [1.807, 2.05) is 19.1 Å². The summed E-state index contributed by atoms with van der Waals surface area (Å²) in [5.74, 6) is 1.61. The van der Waals surface area contributed by atoms with Crippen LogP contribution >= 0.6 is 24.0 Å². The summed E-state index contributed by atoms with van der Waals surface area (Å²) in [7, 11) is 1.67. The first kappa shape index (κ1) is 22.0. The Balaban J connectivity index is 0.00000312. The van der Waals surface area contributed by atoms with Gasteiger partial charge in [0.1, 0.15) is 5.75 Å². The Morgan fingerprint density at radius 1 is 1.24 bits per heavy atom. The topological polar surface area (TPSA) is 75.1 Å². The molecule has 0 unspecified atom stereocenters. The molecule has 0 aromatic heterocycles. The van der Waals surface area contributed by atoms with Gasteiger partial charge >= 0.3 is 0 Å². The van der Waals surface area contributed by atoms with Gasteiger partial charge in [0.15, 0.2) is 5.96 Å². The lowest BCUT2D eigenvalue weighted by molar-refractivity contribution is -0.0565. The van der Waals surface area contributed by atoms with E-state index in [1.165, 1.54) is 5.56 Å². The van der Waals surface area contributed by atoms with Crippen molar-refractivity contribution in [2.45, 2.75) is 31.8 Å². The molecule has 1 fully saturated rings. The number of hydrogen-bond donors (Lipinski definition) is 3. The second kappa shape index (κ2) is 11.5. The van der Waals surface area contributed by atoms with Gasteiger partial charge in [0.25, 0.3) is 0 Å². The molecule has 1 aliphatic heterocycles. The molecule has 6 nitrogen and oxygen atoms in total. The smallest absolute Gasteiger partial charge is 0.191 e. The molecule has 1 aromatic carbocycles. The summed E-state index contributed by atoms with van der Waals surface area (Å²) in [6, 6.07) is 8.06. The SMILES string of the molecule is CCNC(=NCC1(O)CCOCC1)NCCc1ccc(OC)cc1.I. The molecule has 0 atom stereocenters. The first-order valence-electron chi connectivity index (χ1n) is 8.60. The average molecular weight is 463 g/mol. The summed E-state index contributed by atoms with van der Waals surface area (Å²) in [5.41, 5.74) is 0.499. The molecule has 0 spiro atoms. The molecule has 0 radical (unpaired) electrons. The zero-order valence-corrected chi connectivity index (χ0v) is 17.4. The van der Waals surface area contributed by atoms with E-state index in [4.69, 9.17) is 9.47 Å². The molecule has 7 heteroatoms. The Hall–Kier alpha value is -1.06. The number of halogens is 1. The first-order chi connectivity index (χ1) is 11.6. The summed E-state index contributed by atoms with van der Waals surface area (Å²) in [6.07, 6.45) is 2.18. The van der Waals surface area contributed by atoms with Crippen molar-refractivity contribution >= 4 is 29.9 Å². The fourth-order valence-electron chi connectivity index (χ4n) is 2.59. The van der Waals surface area contributed by atoms with Crippen LogP contribution in [0, 0.1) is 0 Å². The third kappa shape index (κ3) is 7.79. The number of benzene rings is 1. The van der Waals surface area contributed by atoms with E-state index in [0.717, 1.165) is 31.2 Å². The van der Waals surface area contributed by atoms with Crippen LogP contribution in [0.1, 0.15) is 25.3 Å². The number of nitrogens with one attached hydrogen (secondary N) is 2. The molecule has 1 aliphatic rings. The molecular formula is C18H30IN3O3. The van der Waals surface area contributed by atoms with Gasteiger partial charge in [0.2, 0.25) is 0 Å². The van der Waals surface area contributed by atoms with E-state index in [-0.39, 0.29) is 24.0 Å². The van der Waals surface area contributed by atoms with Crippen molar-refractivity contribution in [3.63, 3.8) is 0 Å². The quantitative estimate of drug-likeness (QED) is 0.328. The molecular weight excluding hydrogens is 433 g/mol. The number of rotatable bonds is 7. The Labute approximate surface area is 167 Å². The van der Waals surface area contributed by atoms with Gasteiger partial charge < -0.3 is 25.2 Å². The van der Waals surface area contributed by atoms with E-state index in [0.29, 0.717) is 32.6 Å². The average Bonchev–Trinajstić information content (AvgIpc) is 2.61. The fourth-order valence-corrected chi connectivity index (χ4v) is 2.59. The summed E-state index contributed by atoms with van der Waals surface area (Å²) >= 11 is 0. The summed E-state index contributed by atoms with van der Waals surface area (Å²) < 4.78 is 10.5. The first-order valence-corrected chi connectivity index (χ1v) is 8.60. The molecule has 142 valence electrons. The van der Waals surface area contributed by atoms with Gasteiger partial charge in [-0.05, 0) is 31.0 Å². The second-order valence-electron chi connectivity index (χ2n) is 6.06. The predicted molar refractivity (Wildman–Crippen MR) is 111 cm³/mol. The van der Waals surface area contributed by atoms with Crippen LogP contribution in [0.3, 0.4) is 0 Å². The summed E-state index contributed by atoms with van der Waals surface area (Å²) in [6.45, 7) is 5.20. The molecule has 25 heavy (non-hydrogen) atoms. The number of hydrogen-bond acceptors (Lipinski definition) is 4. The molecule has 1 heterocycles. The summed E-state index contributed by atoms with van der Waals surface area (Å²) in [5, 5.41) is 17.0. The second-order valence-corrected chi connectivity index (χ2v) is 6.06. The van der Waals surface area contributed by atoms with E-state index in [9.17, 15) is 5.11 Å². The van der Waals surface area contributed by atoms with Crippen LogP contribution in [-0.2, 0) is 11.2 Å². The van der Waals surface area contributed by atoms with Crippen LogP contribution in [0.15, 0.2) is 29.3 Å². The largest absolute Gasteiger partial charge is 0.497 e. The minimum Gasteiger partial charge on any atom is -0.497 e. The number of nitrogens with zero attached hydrogens (tertiary/aromatic N) is 1. The Kier molecular flexibility index (Phi) is 10.1. The molecule has 0 saturated carbocycles.